The van der Waals surface area contributed by atoms with Crippen LogP contribution in [0.4, 0.5) is 0 Å². The first-order valence-electron chi connectivity index (χ1n) is 29.8. The predicted molar refractivity (Wildman–Crippen MR) is 370 cm³/mol. The molecule has 0 spiro atoms. The van der Waals surface area contributed by atoms with Crippen LogP contribution in [0.1, 0.15) is 174 Å². The smallest absolute Gasteiger partial charge is 0.0481 e. The topological polar surface area (TPSA) is 0 Å². The molecule has 2 aromatic carbocycles. The van der Waals surface area contributed by atoms with Crippen molar-refractivity contribution in [3.05, 3.63) is 175 Å². The Hall–Kier alpha value is -4.48. The minimum Gasteiger partial charge on any atom is -0.143 e. The number of thiophene rings is 8. The molecular weight excluding hydrogens is 1120 g/mol. The van der Waals surface area contributed by atoms with Crippen molar-refractivity contribution >= 4 is 115 Å². The summed E-state index contributed by atoms with van der Waals surface area (Å²) in [6, 6.07) is 46.7. The zero-order valence-corrected chi connectivity index (χ0v) is 54.0. The van der Waals surface area contributed by atoms with Crippen LogP contribution >= 0.6 is 90.7 Å². The van der Waals surface area contributed by atoms with E-state index in [4.69, 9.17) is 0 Å². The summed E-state index contributed by atoms with van der Waals surface area (Å²) in [5, 5.41) is 4.57. The zero-order chi connectivity index (χ0) is 54.9. The van der Waals surface area contributed by atoms with Crippen LogP contribution in [0.15, 0.2) is 132 Å². The van der Waals surface area contributed by atoms with E-state index in [1.54, 1.807) is 0 Å². The van der Waals surface area contributed by atoms with E-state index in [9.17, 15) is 0 Å². The Morgan fingerprint density at radius 1 is 0.275 bits per heavy atom. The molecule has 0 saturated heterocycles. The van der Waals surface area contributed by atoms with Gasteiger partial charge in [-0.2, -0.15) is 0 Å². The molecule has 0 bridgehead atoms. The average molecular weight is 1200 g/mol. The van der Waals surface area contributed by atoms with Crippen LogP contribution in [0.5, 0.6) is 0 Å². The molecule has 10 aromatic rings. The van der Waals surface area contributed by atoms with Gasteiger partial charge in [0.2, 0.25) is 0 Å². The number of rotatable bonds is 31. The minimum atomic E-state index is 1.14. The summed E-state index contributed by atoms with van der Waals surface area (Å²) in [5.74, 6) is 0. The third kappa shape index (κ3) is 15.6. The van der Waals surface area contributed by atoms with Crippen molar-refractivity contribution in [2.24, 2.45) is 0 Å². The number of unbranched alkanes of at least 4 members (excludes halogenated alkanes) is 12. The Labute approximate surface area is 511 Å². The second kappa shape index (κ2) is 30.2. The Bertz CT molecular complexity index is 3270. The number of hydrogen-bond donors (Lipinski definition) is 0. The van der Waals surface area contributed by atoms with Crippen LogP contribution in [-0.2, 0) is 25.7 Å². The average Bonchev–Trinajstić information content (AvgIpc) is 4.37. The van der Waals surface area contributed by atoms with E-state index < -0.39 is 0 Å². The lowest BCUT2D eigenvalue weighted by Crippen LogP contribution is -1.85. The summed E-state index contributed by atoms with van der Waals surface area (Å²) in [5.41, 5.74) is 11.0. The molecule has 414 valence electrons. The van der Waals surface area contributed by atoms with E-state index in [-0.39, 0.29) is 0 Å². The van der Waals surface area contributed by atoms with Crippen LogP contribution in [0, 0.1) is 0 Å². The quantitative estimate of drug-likeness (QED) is 0.0380. The highest BCUT2D eigenvalue weighted by atomic mass is 32.1. The third-order valence-corrected chi connectivity index (χ3v) is 24.8. The standard InChI is InChI=1S/C72H78S8/c1-5-9-13-17-21-55-45-47-73-69(55)65-41-37-61(77-65)63-39-43-67(79-63)71-57(23-19-15-11-7-3)49-59(75-71)35-29-51-25-31-53(32-26-51)54-33-27-52(28-34-54)30-36-60-50-58(24-20-16-12-8-4)72(76-60)68-44-40-64(80-68)62-38-42-66(78-62)70-56(46-48-74-70)22-18-14-10-6-2/h25-50H,5-24H2,1-4H3. The first kappa shape index (κ1) is 58.7. The molecule has 10 rings (SSSR count). The lowest BCUT2D eigenvalue weighted by atomic mass is 10.0. The van der Waals surface area contributed by atoms with Gasteiger partial charge in [-0.1, -0.05) is 165 Å². The molecule has 0 amide bonds. The van der Waals surface area contributed by atoms with Crippen LogP contribution < -0.4 is 0 Å². The van der Waals surface area contributed by atoms with E-state index >= 15 is 0 Å². The molecular formula is C72H78S8. The Kier molecular flexibility index (Phi) is 22.1. The molecule has 80 heavy (non-hydrogen) atoms. The molecule has 0 aliphatic rings. The molecule has 0 saturated carbocycles. The molecule has 0 N–H and O–H groups in total. The molecule has 8 heterocycles. The van der Waals surface area contributed by atoms with Crippen molar-refractivity contribution in [2.45, 2.75) is 156 Å². The van der Waals surface area contributed by atoms with Crippen LogP contribution in [0.2, 0.25) is 0 Å². The van der Waals surface area contributed by atoms with E-state index in [0.717, 1.165) is 12.8 Å². The SMILES string of the molecule is CCCCCCc1ccsc1-c1ccc(-c2ccc(-c3sc(C=Cc4ccc(-c5ccc(C=Cc6cc(CCCCCC)c(-c7ccc(-c8ccc(-c9sccc9CCCCCC)s8)s7)s6)cc5)cc4)cc3CCCCCC)s2)s1. The van der Waals surface area contributed by atoms with Crippen molar-refractivity contribution in [1.82, 2.24) is 0 Å². The van der Waals surface area contributed by atoms with Gasteiger partial charge in [0.15, 0.2) is 0 Å². The summed E-state index contributed by atoms with van der Waals surface area (Å²) in [6.07, 6.45) is 34.6. The van der Waals surface area contributed by atoms with Crippen LogP contribution in [0.3, 0.4) is 0 Å². The second-order valence-corrected chi connectivity index (χ2v) is 29.7. The fraction of sp³-hybridized carbons (Fsp3) is 0.333. The Morgan fingerprint density at radius 2 is 0.588 bits per heavy atom. The third-order valence-electron chi connectivity index (χ3n) is 15.2. The van der Waals surface area contributed by atoms with E-state index in [1.807, 2.05) is 90.7 Å². The number of benzene rings is 2. The van der Waals surface area contributed by atoms with Gasteiger partial charge in [0.25, 0.3) is 0 Å². The number of hydrogen-bond acceptors (Lipinski definition) is 8. The van der Waals surface area contributed by atoms with Gasteiger partial charge in [0.1, 0.15) is 0 Å². The molecule has 0 aliphatic heterocycles. The first-order chi connectivity index (χ1) is 39.5. The van der Waals surface area contributed by atoms with Crippen molar-refractivity contribution in [2.75, 3.05) is 0 Å². The molecule has 0 atom stereocenters. The van der Waals surface area contributed by atoms with Crippen molar-refractivity contribution < 1.29 is 0 Å². The summed E-state index contributed by atoms with van der Waals surface area (Å²) in [6.45, 7) is 9.20. The van der Waals surface area contributed by atoms with Crippen LogP contribution in [-0.4, -0.2) is 0 Å². The highest BCUT2D eigenvalue weighted by Crippen LogP contribution is 2.47. The van der Waals surface area contributed by atoms with Gasteiger partial charge < -0.3 is 0 Å². The fourth-order valence-electron chi connectivity index (χ4n) is 10.6. The minimum absolute atomic E-state index is 1.14. The van der Waals surface area contributed by atoms with Gasteiger partial charge in [-0.15, -0.1) is 90.7 Å². The highest BCUT2D eigenvalue weighted by molar-refractivity contribution is 7.29. The van der Waals surface area contributed by atoms with Gasteiger partial charge in [0, 0.05) is 68.3 Å². The maximum absolute atomic E-state index is 2.47. The van der Waals surface area contributed by atoms with Gasteiger partial charge >= 0.3 is 0 Å². The maximum Gasteiger partial charge on any atom is 0.0481 e. The Morgan fingerprint density at radius 3 is 0.925 bits per heavy atom. The molecule has 8 heteroatoms. The van der Waals surface area contributed by atoms with E-state index in [1.165, 1.54) is 228 Å². The number of aryl methyl sites for hydroxylation is 4. The van der Waals surface area contributed by atoms with E-state index in [2.05, 4.69) is 184 Å². The van der Waals surface area contributed by atoms with Gasteiger partial charge in [-0.25, -0.2) is 0 Å². The molecule has 8 aromatic heterocycles. The lowest BCUT2D eigenvalue weighted by Gasteiger charge is -2.03. The van der Waals surface area contributed by atoms with Gasteiger partial charge in [0.05, 0.1) is 0 Å². The fourth-order valence-corrected chi connectivity index (χ4v) is 19.6. The normalized spacial score (nSPS) is 11.9. The summed E-state index contributed by atoms with van der Waals surface area (Å²) in [4.78, 5) is 19.7. The molecule has 0 radical (unpaired) electrons. The van der Waals surface area contributed by atoms with Gasteiger partial charge in [-0.3, -0.25) is 0 Å². The van der Waals surface area contributed by atoms with Crippen molar-refractivity contribution in [3.8, 4) is 69.7 Å². The monoisotopic (exact) mass is 1200 g/mol. The molecule has 0 nitrogen and oxygen atoms in total. The van der Waals surface area contributed by atoms with Crippen molar-refractivity contribution in [1.29, 1.82) is 0 Å². The molecule has 0 fully saturated rings. The predicted octanol–water partition coefficient (Wildman–Crippen LogP) is 26.7. The summed E-state index contributed by atoms with van der Waals surface area (Å²) < 4.78 is 0. The summed E-state index contributed by atoms with van der Waals surface area (Å²) >= 11 is 15.6. The highest BCUT2D eigenvalue weighted by Gasteiger charge is 2.18. The first-order valence-corrected chi connectivity index (χ1v) is 36.5. The molecule has 0 aliphatic carbocycles. The largest absolute Gasteiger partial charge is 0.143 e. The lowest BCUT2D eigenvalue weighted by molar-refractivity contribution is 0.668. The molecule has 0 unspecified atom stereocenters. The van der Waals surface area contributed by atoms with Crippen molar-refractivity contribution in [3.63, 3.8) is 0 Å². The van der Waals surface area contributed by atoms with Gasteiger partial charge in [-0.05, 0) is 192 Å². The second-order valence-electron chi connectivity index (χ2n) is 21.4. The zero-order valence-electron chi connectivity index (χ0n) is 47.4. The van der Waals surface area contributed by atoms with E-state index in [0.29, 0.717) is 0 Å². The maximum atomic E-state index is 2.47. The van der Waals surface area contributed by atoms with Crippen LogP contribution in [0.25, 0.3) is 94.0 Å². The Balaban J connectivity index is 0.784. The summed E-state index contributed by atoms with van der Waals surface area (Å²) in [7, 11) is 0.